The molecule has 0 spiro atoms. The summed E-state index contributed by atoms with van der Waals surface area (Å²) in [5, 5.41) is 2.39. The lowest BCUT2D eigenvalue weighted by Crippen LogP contribution is -2.43. The number of carbonyl (C=O) groups excluding carboxylic acids is 1. The average molecular weight is 388 g/mol. The van der Waals surface area contributed by atoms with E-state index in [4.69, 9.17) is 0 Å². The van der Waals surface area contributed by atoms with E-state index < -0.39 is 37.0 Å². The molecular formula is C15H18F6N2O3. The minimum atomic E-state index is -4.87. The monoisotopic (exact) mass is 388 g/mol. The standard InChI is InChI=1S/C15H18F6N2O3/c1-10(8-25-9-14(16,17)18)22-13(24)23(2)7-11-5-3-4-6-12(11)26-15(19,20)21/h3-6,10H,7-9H2,1-2H3,(H,22,24). The molecule has 148 valence electrons. The molecule has 11 heteroatoms. The Morgan fingerprint density at radius 2 is 1.81 bits per heavy atom. The second-order valence-corrected chi connectivity index (χ2v) is 5.49. The molecular weight excluding hydrogens is 370 g/mol. The normalized spacial score (nSPS) is 13.2. The maximum atomic E-state index is 12.4. The van der Waals surface area contributed by atoms with Gasteiger partial charge in [-0.25, -0.2) is 4.79 Å². The Kier molecular flexibility index (Phi) is 7.54. The van der Waals surface area contributed by atoms with Crippen molar-refractivity contribution in [2.75, 3.05) is 20.3 Å². The summed E-state index contributed by atoms with van der Waals surface area (Å²) in [5.41, 5.74) is 0.114. The maximum absolute atomic E-state index is 12.4. The predicted molar refractivity (Wildman–Crippen MR) is 79.5 cm³/mol. The van der Waals surface area contributed by atoms with E-state index in [1.807, 2.05) is 0 Å². The van der Waals surface area contributed by atoms with Crippen LogP contribution in [-0.4, -0.2) is 49.8 Å². The van der Waals surface area contributed by atoms with Crippen molar-refractivity contribution in [1.29, 1.82) is 0 Å². The minimum absolute atomic E-state index is 0.114. The summed E-state index contributed by atoms with van der Waals surface area (Å²) in [5.74, 6) is -0.443. The molecule has 5 nitrogen and oxygen atoms in total. The van der Waals surface area contributed by atoms with Gasteiger partial charge in [-0.3, -0.25) is 0 Å². The number of amides is 2. The van der Waals surface area contributed by atoms with Gasteiger partial charge in [0.1, 0.15) is 12.4 Å². The van der Waals surface area contributed by atoms with Gasteiger partial charge in [0.25, 0.3) is 0 Å². The lowest BCUT2D eigenvalue weighted by atomic mass is 10.2. The highest BCUT2D eigenvalue weighted by Gasteiger charge is 2.32. The lowest BCUT2D eigenvalue weighted by molar-refractivity contribution is -0.275. The number of rotatable bonds is 7. The fourth-order valence-corrected chi connectivity index (χ4v) is 1.90. The van der Waals surface area contributed by atoms with E-state index in [1.54, 1.807) is 0 Å². The van der Waals surface area contributed by atoms with Crippen LogP contribution in [0.25, 0.3) is 0 Å². The fourth-order valence-electron chi connectivity index (χ4n) is 1.90. The van der Waals surface area contributed by atoms with Gasteiger partial charge in [-0.15, -0.1) is 13.2 Å². The third kappa shape index (κ3) is 8.79. The summed E-state index contributed by atoms with van der Waals surface area (Å²) in [7, 11) is 1.32. The first-order valence-electron chi connectivity index (χ1n) is 7.37. The smallest absolute Gasteiger partial charge is 0.405 e. The van der Waals surface area contributed by atoms with E-state index in [0.717, 1.165) is 11.0 Å². The lowest BCUT2D eigenvalue weighted by Gasteiger charge is -2.23. The molecule has 1 atom stereocenters. The van der Waals surface area contributed by atoms with E-state index in [0.29, 0.717) is 0 Å². The number of urea groups is 1. The quantitative estimate of drug-likeness (QED) is 0.725. The van der Waals surface area contributed by atoms with Gasteiger partial charge in [-0.1, -0.05) is 18.2 Å². The van der Waals surface area contributed by atoms with Crippen molar-refractivity contribution in [2.24, 2.45) is 0 Å². The summed E-state index contributed by atoms with van der Waals surface area (Å²) in [6.07, 6.45) is -9.34. The molecule has 0 fully saturated rings. The van der Waals surface area contributed by atoms with Gasteiger partial charge in [-0.05, 0) is 13.0 Å². The number of benzene rings is 1. The molecule has 0 aliphatic rings. The van der Waals surface area contributed by atoms with Gasteiger partial charge in [0, 0.05) is 12.6 Å². The Hall–Kier alpha value is -2.17. The number of hydrogen-bond acceptors (Lipinski definition) is 3. The highest BCUT2D eigenvalue weighted by molar-refractivity contribution is 5.74. The highest BCUT2D eigenvalue weighted by Crippen LogP contribution is 2.26. The van der Waals surface area contributed by atoms with E-state index in [2.05, 4.69) is 14.8 Å². The van der Waals surface area contributed by atoms with Crippen LogP contribution in [0.3, 0.4) is 0 Å². The van der Waals surface area contributed by atoms with Crippen LogP contribution < -0.4 is 10.1 Å². The van der Waals surface area contributed by atoms with Crippen LogP contribution in [0.5, 0.6) is 5.75 Å². The number of alkyl halides is 6. The summed E-state index contributed by atoms with van der Waals surface area (Å²) < 4.78 is 81.4. The van der Waals surface area contributed by atoms with Crippen LogP contribution in [0, 0.1) is 0 Å². The predicted octanol–water partition coefficient (Wildman–Crippen LogP) is 3.69. The Balaban J connectivity index is 2.57. The third-order valence-corrected chi connectivity index (χ3v) is 2.96. The highest BCUT2D eigenvalue weighted by atomic mass is 19.4. The number of nitrogens with zero attached hydrogens (tertiary/aromatic N) is 1. The molecule has 1 rings (SSSR count). The largest absolute Gasteiger partial charge is 0.573 e. The van der Waals surface area contributed by atoms with Crippen molar-refractivity contribution in [3.05, 3.63) is 29.8 Å². The molecule has 26 heavy (non-hydrogen) atoms. The molecule has 0 bridgehead atoms. The van der Waals surface area contributed by atoms with Crippen molar-refractivity contribution >= 4 is 6.03 Å². The summed E-state index contributed by atoms with van der Waals surface area (Å²) in [4.78, 5) is 13.1. The second kappa shape index (κ2) is 8.97. The van der Waals surface area contributed by atoms with Gasteiger partial charge in [0.05, 0.1) is 19.2 Å². The molecule has 0 aliphatic carbocycles. The first-order chi connectivity index (χ1) is 11.9. The Labute approximate surface area is 145 Å². The zero-order valence-corrected chi connectivity index (χ0v) is 13.9. The third-order valence-electron chi connectivity index (χ3n) is 2.96. The number of carbonyl (C=O) groups is 1. The van der Waals surface area contributed by atoms with Gasteiger partial charge in [0.2, 0.25) is 0 Å². The minimum Gasteiger partial charge on any atom is -0.405 e. The zero-order chi connectivity index (χ0) is 20.0. The molecule has 2 amide bonds. The van der Waals surface area contributed by atoms with Crippen molar-refractivity contribution in [3.8, 4) is 5.75 Å². The van der Waals surface area contributed by atoms with E-state index in [-0.39, 0.29) is 18.7 Å². The first-order valence-corrected chi connectivity index (χ1v) is 7.37. The van der Waals surface area contributed by atoms with E-state index in [9.17, 15) is 31.1 Å². The molecule has 0 aliphatic heterocycles. The molecule has 1 unspecified atom stereocenters. The molecule has 0 radical (unpaired) electrons. The van der Waals surface area contributed by atoms with Crippen LogP contribution >= 0.6 is 0 Å². The number of nitrogens with one attached hydrogen (secondary N) is 1. The fraction of sp³-hybridized carbons (Fsp3) is 0.533. The second-order valence-electron chi connectivity index (χ2n) is 5.49. The number of hydrogen-bond donors (Lipinski definition) is 1. The van der Waals surface area contributed by atoms with Crippen LogP contribution in [0.4, 0.5) is 31.1 Å². The van der Waals surface area contributed by atoms with Gasteiger partial charge < -0.3 is 19.7 Å². The number of ether oxygens (including phenoxy) is 2. The van der Waals surface area contributed by atoms with E-state index in [1.165, 1.54) is 32.2 Å². The Bertz CT molecular complexity index is 591. The molecule has 1 aromatic rings. The summed E-state index contributed by atoms with van der Waals surface area (Å²) in [6.45, 7) is -0.574. The summed E-state index contributed by atoms with van der Waals surface area (Å²) in [6, 6.07) is 3.90. The molecule has 0 saturated carbocycles. The van der Waals surface area contributed by atoms with Crippen LogP contribution in [-0.2, 0) is 11.3 Å². The molecule has 1 N–H and O–H groups in total. The van der Waals surface area contributed by atoms with Gasteiger partial charge in [-0.2, -0.15) is 13.2 Å². The van der Waals surface area contributed by atoms with Crippen LogP contribution in [0.2, 0.25) is 0 Å². The molecule has 1 aromatic carbocycles. The Morgan fingerprint density at radius 3 is 2.38 bits per heavy atom. The molecule has 0 saturated heterocycles. The zero-order valence-electron chi connectivity index (χ0n) is 13.9. The van der Waals surface area contributed by atoms with Crippen LogP contribution in [0.1, 0.15) is 12.5 Å². The van der Waals surface area contributed by atoms with Crippen molar-refractivity contribution in [3.63, 3.8) is 0 Å². The topological polar surface area (TPSA) is 50.8 Å². The molecule has 0 aromatic heterocycles. The average Bonchev–Trinajstić information content (AvgIpc) is 2.46. The van der Waals surface area contributed by atoms with Crippen molar-refractivity contribution in [1.82, 2.24) is 10.2 Å². The molecule has 0 heterocycles. The number of para-hydroxylation sites is 1. The summed E-state index contributed by atoms with van der Waals surface area (Å²) >= 11 is 0. The maximum Gasteiger partial charge on any atom is 0.573 e. The van der Waals surface area contributed by atoms with Gasteiger partial charge in [0.15, 0.2) is 0 Å². The van der Waals surface area contributed by atoms with Crippen LogP contribution in [0.15, 0.2) is 24.3 Å². The SMILES string of the molecule is CC(COCC(F)(F)F)NC(=O)N(C)Cc1ccccc1OC(F)(F)F. The van der Waals surface area contributed by atoms with E-state index >= 15 is 0 Å². The number of halogens is 6. The van der Waals surface area contributed by atoms with Crippen molar-refractivity contribution < 1.29 is 40.6 Å². The van der Waals surface area contributed by atoms with Crippen molar-refractivity contribution in [2.45, 2.75) is 32.0 Å². The Morgan fingerprint density at radius 1 is 1.19 bits per heavy atom. The first kappa shape index (κ1) is 21.9. The van der Waals surface area contributed by atoms with Gasteiger partial charge >= 0.3 is 18.6 Å².